The number of hydrogen-bond donors (Lipinski definition) is 1. The summed E-state index contributed by atoms with van der Waals surface area (Å²) in [6.45, 7) is 1.67. The van der Waals surface area contributed by atoms with Crippen molar-refractivity contribution in [3.05, 3.63) is 93.7 Å². The Bertz CT molecular complexity index is 992. The summed E-state index contributed by atoms with van der Waals surface area (Å²) in [5.74, 6) is 0. The number of fused-ring (bicyclic) bond motifs is 2. The first kappa shape index (κ1) is 20.9. The minimum absolute atomic E-state index is 0.0558. The van der Waals surface area contributed by atoms with Gasteiger partial charge in [-0.3, -0.25) is 4.90 Å². The summed E-state index contributed by atoms with van der Waals surface area (Å²) < 4.78 is 12.3. The summed E-state index contributed by atoms with van der Waals surface area (Å²) in [5.41, 5.74) is 3.09. The lowest BCUT2D eigenvalue weighted by atomic mass is 9.76. The number of aliphatic hydroxyl groups excluding tert-OH is 1. The number of nitrogens with zero attached hydrogens (tertiary/aromatic N) is 1. The molecule has 162 valence electrons. The molecule has 0 radical (unpaired) electrons. The van der Waals surface area contributed by atoms with Crippen molar-refractivity contribution in [2.75, 3.05) is 13.7 Å². The lowest BCUT2D eigenvalue weighted by Gasteiger charge is -2.50. The van der Waals surface area contributed by atoms with E-state index >= 15 is 0 Å². The first-order chi connectivity index (χ1) is 15.2. The van der Waals surface area contributed by atoms with Gasteiger partial charge in [-0.15, -0.1) is 11.3 Å². The van der Waals surface area contributed by atoms with E-state index in [1.165, 1.54) is 16.0 Å². The van der Waals surface area contributed by atoms with Crippen molar-refractivity contribution in [2.45, 2.75) is 49.8 Å². The average Bonchev–Trinajstić information content (AvgIpc) is 3.31. The van der Waals surface area contributed by atoms with Crippen LogP contribution in [0.2, 0.25) is 0 Å². The molecule has 0 amide bonds. The smallest absolute Gasteiger partial charge is 0.163 e. The minimum atomic E-state index is -0.587. The zero-order valence-electron chi connectivity index (χ0n) is 17.8. The van der Waals surface area contributed by atoms with Gasteiger partial charge in [0, 0.05) is 37.5 Å². The van der Waals surface area contributed by atoms with E-state index in [-0.39, 0.29) is 12.3 Å². The van der Waals surface area contributed by atoms with E-state index < -0.39 is 11.7 Å². The van der Waals surface area contributed by atoms with Crippen molar-refractivity contribution in [3.8, 4) is 0 Å². The molecule has 2 aliphatic rings. The summed E-state index contributed by atoms with van der Waals surface area (Å²) in [4.78, 5) is 3.77. The number of methoxy groups -OCH3 is 1. The maximum atomic E-state index is 11.5. The molecule has 1 spiro atoms. The molecule has 0 saturated carbocycles. The Hall–Kier alpha value is -2.02. The molecule has 1 N–H and O–H groups in total. The number of hydrogen-bond acceptors (Lipinski definition) is 5. The quantitative estimate of drug-likeness (QED) is 0.620. The molecular formula is C26H29NO3S. The van der Waals surface area contributed by atoms with Crippen LogP contribution in [0.5, 0.6) is 0 Å². The molecule has 0 bridgehead atoms. The largest absolute Gasteiger partial charge is 0.387 e. The summed E-state index contributed by atoms with van der Waals surface area (Å²) >= 11 is 1.79. The first-order valence-electron chi connectivity index (χ1n) is 11.0. The number of benzene rings is 2. The van der Waals surface area contributed by atoms with Gasteiger partial charge >= 0.3 is 0 Å². The normalized spacial score (nSPS) is 27.2. The van der Waals surface area contributed by atoms with Crippen molar-refractivity contribution in [1.82, 2.24) is 4.90 Å². The standard InChI is InChI=1S/C26H29NO3S/c1-29-24-16-23-21(12-15-31-23)26(30-24)13-14-27(18-19-8-4-2-5-9-19)22(17-26)25(28)20-10-6-3-7-11-20/h2-12,15,22,24-25,28H,13-14,16-18H2,1H3. The number of thiophene rings is 1. The molecule has 0 aliphatic carbocycles. The highest BCUT2D eigenvalue weighted by Crippen LogP contribution is 2.48. The topological polar surface area (TPSA) is 41.9 Å². The Labute approximate surface area is 188 Å². The van der Waals surface area contributed by atoms with Crippen LogP contribution in [0.15, 0.2) is 72.1 Å². The Morgan fingerprint density at radius 2 is 1.87 bits per heavy atom. The number of ether oxygens (including phenoxy) is 2. The van der Waals surface area contributed by atoms with E-state index in [1.807, 2.05) is 36.4 Å². The minimum Gasteiger partial charge on any atom is -0.387 e. The summed E-state index contributed by atoms with van der Waals surface area (Å²) in [7, 11) is 1.72. The molecule has 1 aromatic heterocycles. The molecule has 31 heavy (non-hydrogen) atoms. The van der Waals surface area contributed by atoms with E-state index in [9.17, 15) is 5.11 Å². The molecule has 1 saturated heterocycles. The van der Waals surface area contributed by atoms with Crippen molar-refractivity contribution < 1.29 is 14.6 Å². The van der Waals surface area contributed by atoms with Crippen LogP contribution in [-0.4, -0.2) is 36.0 Å². The van der Waals surface area contributed by atoms with Crippen LogP contribution in [0.3, 0.4) is 0 Å². The molecule has 4 nitrogen and oxygen atoms in total. The molecule has 3 aromatic rings. The van der Waals surface area contributed by atoms with Gasteiger partial charge in [-0.25, -0.2) is 0 Å². The molecule has 5 rings (SSSR count). The van der Waals surface area contributed by atoms with Crippen LogP contribution in [0.4, 0.5) is 0 Å². The third-order valence-electron chi connectivity index (χ3n) is 6.75. The second-order valence-corrected chi connectivity index (χ2v) is 9.57. The van der Waals surface area contributed by atoms with Crippen molar-refractivity contribution in [1.29, 1.82) is 0 Å². The Morgan fingerprint density at radius 3 is 2.61 bits per heavy atom. The maximum absolute atomic E-state index is 11.5. The van der Waals surface area contributed by atoms with Gasteiger partial charge in [0.15, 0.2) is 6.29 Å². The fourth-order valence-corrected chi connectivity index (χ4v) is 6.13. The van der Waals surface area contributed by atoms with Crippen LogP contribution >= 0.6 is 11.3 Å². The van der Waals surface area contributed by atoms with Gasteiger partial charge in [-0.05, 0) is 41.0 Å². The molecular weight excluding hydrogens is 406 g/mol. The fourth-order valence-electron chi connectivity index (χ4n) is 5.15. The van der Waals surface area contributed by atoms with E-state index in [1.54, 1.807) is 18.4 Å². The monoisotopic (exact) mass is 435 g/mol. The Kier molecular flexibility index (Phi) is 5.95. The molecule has 2 aliphatic heterocycles. The second kappa shape index (κ2) is 8.85. The number of piperidine rings is 1. The van der Waals surface area contributed by atoms with Gasteiger partial charge < -0.3 is 14.6 Å². The lowest BCUT2D eigenvalue weighted by Crippen LogP contribution is -2.54. The third kappa shape index (κ3) is 4.09. The Morgan fingerprint density at radius 1 is 1.13 bits per heavy atom. The van der Waals surface area contributed by atoms with Crippen molar-refractivity contribution in [3.63, 3.8) is 0 Å². The van der Waals surface area contributed by atoms with Crippen LogP contribution in [-0.2, 0) is 28.0 Å². The second-order valence-electron chi connectivity index (χ2n) is 8.57. The average molecular weight is 436 g/mol. The van der Waals surface area contributed by atoms with Crippen molar-refractivity contribution >= 4 is 11.3 Å². The van der Waals surface area contributed by atoms with Gasteiger partial charge in [0.1, 0.15) is 5.60 Å². The fraction of sp³-hybridized carbons (Fsp3) is 0.385. The highest BCUT2D eigenvalue weighted by atomic mass is 32.1. The predicted molar refractivity (Wildman–Crippen MR) is 123 cm³/mol. The predicted octanol–water partition coefficient (Wildman–Crippen LogP) is 4.89. The van der Waals surface area contributed by atoms with Crippen LogP contribution in [0.25, 0.3) is 0 Å². The lowest BCUT2D eigenvalue weighted by molar-refractivity contribution is -0.236. The summed E-state index contributed by atoms with van der Waals surface area (Å²) in [6.07, 6.45) is 1.60. The van der Waals surface area contributed by atoms with E-state index in [0.717, 1.165) is 37.9 Å². The van der Waals surface area contributed by atoms with Gasteiger partial charge in [0.2, 0.25) is 0 Å². The zero-order chi connectivity index (χ0) is 21.3. The van der Waals surface area contributed by atoms with Crippen LogP contribution in [0, 0.1) is 0 Å². The molecule has 2 aromatic carbocycles. The van der Waals surface area contributed by atoms with Crippen LogP contribution in [0.1, 0.15) is 40.5 Å². The zero-order valence-corrected chi connectivity index (χ0v) is 18.6. The Balaban J connectivity index is 1.49. The van der Waals surface area contributed by atoms with Crippen LogP contribution < -0.4 is 0 Å². The van der Waals surface area contributed by atoms with Gasteiger partial charge in [0.25, 0.3) is 0 Å². The third-order valence-corrected chi connectivity index (χ3v) is 7.70. The maximum Gasteiger partial charge on any atom is 0.163 e. The van der Waals surface area contributed by atoms with E-state index in [2.05, 4.69) is 40.6 Å². The molecule has 3 heterocycles. The van der Waals surface area contributed by atoms with E-state index in [0.29, 0.717) is 0 Å². The summed E-state index contributed by atoms with van der Waals surface area (Å²) in [5, 5.41) is 13.7. The molecule has 4 atom stereocenters. The molecule has 5 heteroatoms. The van der Waals surface area contributed by atoms with Crippen molar-refractivity contribution in [2.24, 2.45) is 0 Å². The highest BCUT2D eigenvalue weighted by Gasteiger charge is 2.49. The summed E-state index contributed by atoms with van der Waals surface area (Å²) in [6, 6.07) is 22.7. The van der Waals surface area contributed by atoms with Gasteiger partial charge in [-0.1, -0.05) is 60.7 Å². The highest BCUT2D eigenvalue weighted by molar-refractivity contribution is 7.10. The molecule has 4 unspecified atom stereocenters. The number of rotatable bonds is 5. The van der Waals surface area contributed by atoms with E-state index in [4.69, 9.17) is 9.47 Å². The molecule has 1 fully saturated rings. The first-order valence-corrected chi connectivity index (χ1v) is 11.8. The van der Waals surface area contributed by atoms with Gasteiger partial charge in [0.05, 0.1) is 6.10 Å². The number of aliphatic hydroxyl groups is 1. The van der Waals surface area contributed by atoms with Gasteiger partial charge in [-0.2, -0.15) is 0 Å². The number of likely N-dealkylation sites (tertiary alicyclic amines) is 1. The SMILES string of the molecule is COC1Cc2sccc2C2(CCN(Cc3ccccc3)C(C(O)c3ccccc3)C2)O1.